The molecule has 1 aliphatic heterocycles. The number of aliphatic carboxylic acids is 1. The molecule has 0 amide bonds. The van der Waals surface area contributed by atoms with Crippen molar-refractivity contribution in [2.24, 2.45) is 0 Å². The lowest BCUT2D eigenvalue weighted by Gasteiger charge is -2.26. The van der Waals surface area contributed by atoms with Crippen LogP contribution in [0.3, 0.4) is 0 Å². The van der Waals surface area contributed by atoms with Gasteiger partial charge in [0, 0.05) is 44.6 Å². The van der Waals surface area contributed by atoms with Gasteiger partial charge in [-0.25, -0.2) is 0 Å². The Labute approximate surface area is 94.5 Å². The van der Waals surface area contributed by atoms with E-state index < -0.39 is 5.97 Å². The highest BCUT2D eigenvalue weighted by molar-refractivity contribution is 5.69. The normalized spacial score (nSPS) is 17.5. The Hall–Kier alpha value is -1.33. The van der Waals surface area contributed by atoms with E-state index in [-0.39, 0.29) is 6.42 Å². The Morgan fingerprint density at radius 1 is 1.44 bits per heavy atom. The monoisotopic (exact) mass is 223 g/mol. The zero-order valence-electron chi connectivity index (χ0n) is 9.20. The highest BCUT2D eigenvalue weighted by Gasteiger charge is 2.11. The van der Waals surface area contributed by atoms with Gasteiger partial charge in [-0.2, -0.15) is 0 Å². The molecule has 1 saturated heterocycles. The quantitative estimate of drug-likeness (QED) is 0.674. The Morgan fingerprint density at radius 3 is 2.88 bits per heavy atom. The van der Waals surface area contributed by atoms with Crippen LogP contribution >= 0.6 is 0 Å². The van der Waals surface area contributed by atoms with E-state index >= 15 is 0 Å². The van der Waals surface area contributed by atoms with Crippen molar-refractivity contribution in [1.82, 2.24) is 15.2 Å². The molecule has 0 aromatic carbocycles. The number of H-pyrrole nitrogens is 1. The number of carboxylic acid groups (broad SMARTS) is 1. The number of hydrogen-bond donors (Lipinski definition) is 3. The number of aromatic amines is 1. The van der Waals surface area contributed by atoms with Gasteiger partial charge in [0.15, 0.2) is 0 Å². The first-order valence-electron chi connectivity index (χ1n) is 5.55. The van der Waals surface area contributed by atoms with Crippen LogP contribution in [0.2, 0.25) is 0 Å². The van der Waals surface area contributed by atoms with Gasteiger partial charge >= 0.3 is 5.97 Å². The standard InChI is InChI=1S/C11H17N3O2/c15-11(16)6-10-5-9(7-13-10)8-14-3-1-12-2-4-14/h5,7,12-13H,1-4,6,8H2,(H,15,16). The van der Waals surface area contributed by atoms with Gasteiger partial charge in [-0.05, 0) is 11.6 Å². The number of carbonyl (C=O) groups is 1. The van der Waals surface area contributed by atoms with Crippen LogP contribution in [0, 0.1) is 0 Å². The van der Waals surface area contributed by atoms with Gasteiger partial charge in [0.2, 0.25) is 0 Å². The molecule has 0 spiro atoms. The van der Waals surface area contributed by atoms with E-state index in [9.17, 15) is 4.79 Å². The predicted octanol–water partition coefficient (Wildman–Crippen LogP) is 0.0470. The molecule has 0 unspecified atom stereocenters. The summed E-state index contributed by atoms with van der Waals surface area (Å²) < 4.78 is 0. The number of carboxylic acids is 1. The molecule has 0 radical (unpaired) electrons. The van der Waals surface area contributed by atoms with E-state index in [0.717, 1.165) is 44.0 Å². The summed E-state index contributed by atoms with van der Waals surface area (Å²) in [5.74, 6) is -0.796. The zero-order valence-corrected chi connectivity index (χ0v) is 9.20. The molecule has 2 heterocycles. The van der Waals surface area contributed by atoms with Gasteiger partial charge in [0.05, 0.1) is 6.42 Å². The molecule has 3 N–H and O–H groups in total. The third-order valence-electron chi connectivity index (χ3n) is 2.76. The summed E-state index contributed by atoms with van der Waals surface area (Å²) in [6, 6.07) is 1.94. The molecule has 0 bridgehead atoms. The van der Waals surface area contributed by atoms with Crippen molar-refractivity contribution in [3.05, 3.63) is 23.5 Å². The average molecular weight is 223 g/mol. The molecule has 2 rings (SSSR count). The SMILES string of the molecule is O=C(O)Cc1cc(CN2CCNCC2)c[nH]1. The van der Waals surface area contributed by atoms with Crippen molar-refractivity contribution in [3.63, 3.8) is 0 Å². The van der Waals surface area contributed by atoms with Crippen molar-refractivity contribution in [2.75, 3.05) is 26.2 Å². The van der Waals surface area contributed by atoms with Gasteiger partial charge in [0.25, 0.3) is 0 Å². The van der Waals surface area contributed by atoms with Crippen LogP contribution < -0.4 is 5.32 Å². The van der Waals surface area contributed by atoms with E-state index in [0.29, 0.717) is 0 Å². The lowest BCUT2D eigenvalue weighted by atomic mass is 10.2. The number of nitrogens with zero attached hydrogens (tertiary/aromatic N) is 1. The molecule has 1 fully saturated rings. The molecule has 0 saturated carbocycles. The summed E-state index contributed by atoms with van der Waals surface area (Å²) in [7, 11) is 0. The van der Waals surface area contributed by atoms with E-state index in [1.807, 2.05) is 12.3 Å². The van der Waals surface area contributed by atoms with Crippen LogP contribution in [0.5, 0.6) is 0 Å². The van der Waals surface area contributed by atoms with Crippen molar-refractivity contribution in [3.8, 4) is 0 Å². The zero-order chi connectivity index (χ0) is 11.4. The first kappa shape index (κ1) is 11.2. The van der Waals surface area contributed by atoms with Crippen LogP contribution in [0.4, 0.5) is 0 Å². The Kier molecular flexibility index (Phi) is 3.58. The summed E-state index contributed by atoms with van der Waals surface area (Å²) in [6.45, 7) is 5.08. The number of hydrogen-bond acceptors (Lipinski definition) is 3. The van der Waals surface area contributed by atoms with Gasteiger partial charge < -0.3 is 15.4 Å². The highest BCUT2D eigenvalue weighted by atomic mass is 16.4. The predicted molar refractivity (Wildman–Crippen MR) is 60.3 cm³/mol. The minimum absolute atomic E-state index is 0.0710. The molecule has 1 aromatic heterocycles. The highest BCUT2D eigenvalue weighted by Crippen LogP contribution is 2.08. The van der Waals surface area contributed by atoms with Crippen LogP contribution in [-0.4, -0.2) is 47.1 Å². The minimum Gasteiger partial charge on any atom is -0.481 e. The molecule has 88 valence electrons. The fraction of sp³-hybridized carbons (Fsp3) is 0.545. The largest absolute Gasteiger partial charge is 0.481 e. The van der Waals surface area contributed by atoms with Crippen LogP contribution in [0.25, 0.3) is 0 Å². The fourth-order valence-electron chi connectivity index (χ4n) is 1.98. The van der Waals surface area contributed by atoms with Gasteiger partial charge in [-0.3, -0.25) is 9.69 Å². The average Bonchev–Trinajstić information content (AvgIpc) is 2.66. The molecular formula is C11H17N3O2. The third kappa shape index (κ3) is 3.08. The van der Waals surface area contributed by atoms with Crippen molar-refractivity contribution >= 4 is 5.97 Å². The topological polar surface area (TPSA) is 68.4 Å². The van der Waals surface area contributed by atoms with Gasteiger partial charge in [-0.15, -0.1) is 0 Å². The molecule has 0 aliphatic carbocycles. The van der Waals surface area contributed by atoms with Crippen LogP contribution in [-0.2, 0) is 17.8 Å². The second-order valence-electron chi connectivity index (χ2n) is 4.13. The summed E-state index contributed by atoms with van der Waals surface area (Å²) >= 11 is 0. The Morgan fingerprint density at radius 2 is 2.19 bits per heavy atom. The van der Waals surface area contributed by atoms with Crippen molar-refractivity contribution in [2.45, 2.75) is 13.0 Å². The minimum atomic E-state index is -0.796. The van der Waals surface area contributed by atoms with Crippen LogP contribution in [0.1, 0.15) is 11.3 Å². The lowest BCUT2D eigenvalue weighted by Crippen LogP contribution is -2.42. The number of nitrogens with one attached hydrogen (secondary N) is 2. The van der Waals surface area contributed by atoms with Gasteiger partial charge in [-0.1, -0.05) is 0 Å². The molecule has 1 aromatic rings. The second-order valence-corrected chi connectivity index (χ2v) is 4.13. The summed E-state index contributed by atoms with van der Waals surface area (Å²) in [6.07, 6.45) is 1.97. The molecular weight excluding hydrogens is 206 g/mol. The molecule has 5 heteroatoms. The molecule has 1 aliphatic rings. The fourth-order valence-corrected chi connectivity index (χ4v) is 1.98. The molecule has 0 atom stereocenters. The van der Waals surface area contributed by atoms with Crippen molar-refractivity contribution < 1.29 is 9.90 Å². The Balaban J connectivity index is 1.88. The number of aromatic nitrogens is 1. The smallest absolute Gasteiger partial charge is 0.309 e. The second kappa shape index (κ2) is 5.14. The Bertz CT molecular complexity index is 356. The van der Waals surface area contributed by atoms with E-state index in [4.69, 9.17) is 5.11 Å². The number of rotatable bonds is 4. The summed E-state index contributed by atoms with van der Waals surface area (Å²) in [4.78, 5) is 15.9. The van der Waals surface area contributed by atoms with Gasteiger partial charge in [0.1, 0.15) is 0 Å². The number of piperazine rings is 1. The van der Waals surface area contributed by atoms with Crippen LogP contribution in [0.15, 0.2) is 12.3 Å². The summed E-state index contributed by atoms with van der Waals surface area (Å²) in [5, 5.41) is 12.0. The first-order valence-corrected chi connectivity index (χ1v) is 5.55. The maximum atomic E-state index is 10.5. The maximum Gasteiger partial charge on any atom is 0.309 e. The van der Waals surface area contributed by atoms with E-state index in [1.54, 1.807) is 0 Å². The third-order valence-corrected chi connectivity index (χ3v) is 2.76. The molecule has 5 nitrogen and oxygen atoms in total. The van der Waals surface area contributed by atoms with Crippen molar-refractivity contribution in [1.29, 1.82) is 0 Å². The van der Waals surface area contributed by atoms with E-state index in [1.165, 1.54) is 0 Å². The molecule has 16 heavy (non-hydrogen) atoms. The maximum absolute atomic E-state index is 10.5. The summed E-state index contributed by atoms with van der Waals surface area (Å²) in [5.41, 5.74) is 1.94. The van der Waals surface area contributed by atoms with E-state index in [2.05, 4.69) is 15.2 Å². The first-order chi connectivity index (χ1) is 7.74. The lowest BCUT2D eigenvalue weighted by molar-refractivity contribution is -0.136.